The highest BCUT2D eigenvalue weighted by atomic mass is 16.4. The predicted octanol–water partition coefficient (Wildman–Crippen LogP) is 3.87. The lowest BCUT2D eigenvalue weighted by Crippen LogP contribution is -2.39. The van der Waals surface area contributed by atoms with E-state index in [4.69, 9.17) is 5.11 Å². The van der Waals surface area contributed by atoms with E-state index in [1.54, 1.807) is 0 Å². The molecule has 3 rings (SSSR count). The zero-order chi connectivity index (χ0) is 12.5. The molecule has 18 heavy (non-hydrogen) atoms. The van der Waals surface area contributed by atoms with Crippen molar-refractivity contribution in [1.82, 2.24) is 0 Å². The van der Waals surface area contributed by atoms with Crippen LogP contribution in [-0.2, 0) is 4.79 Å². The molecule has 0 amide bonds. The van der Waals surface area contributed by atoms with Gasteiger partial charge in [-0.2, -0.15) is 0 Å². The summed E-state index contributed by atoms with van der Waals surface area (Å²) >= 11 is 0. The van der Waals surface area contributed by atoms with Gasteiger partial charge < -0.3 is 5.11 Å². The highest BCUT2D eigenvalue weighted by Crippen LogP contribution is 2.52. The molecular weight excluding hydrogens is 224 g/mol. The Morgan fingerprint density at radius 2 is 2.00 bits per heavy atom. The van der Waals surface area contributed by atoms with Gasteiger partial charge in [0.15, 0.2) is 0 Å². The highest BCUT2D eigenvalue weighted by molar-refractivity contribution is 5.66. The van der Waals surface area contributed by atoms with Crippen molar-refractivity contribution >= 4 is 5.97 Å². The van der Waals surface area contributed by atoms with Gasteiger partial charge in [0.2, 0.25) is 0 Å². The molecule has 0 radical (unpaired) electrons. The average Bonchev–Trinajstić information content (AvgIpc) is 2.84. The lowest BCUT2D eigenvalue weighted by Gasteiger charge is -2.47. The maximum Gasteiger partial charge on any atom is 0.303 e. The number of aliphatic carboxylic acids is 1. The Hall–Kier alpha value is -0.790. The van der Waals surface area contributed by atoms with Crippen LogP contribution in [0.5, 0.6) is 0 Å². The van der Waals surface area contributed by atoms with E-state index < -0.39 is 5.97 Å². The van der Waals surface area contributed by atoms with Crippen LogP contribution in [0.1, 0.15) is 51.4 Å². The average molecular weight is 248 g/mol. The summed E-state index contributed by atoms with van der Waals surface area (Å²) in [6.45, 7) is 0. The van der Waals surface area contributed by atoms with Gasteiger partial charge in [-0.05, 0) is 61.7 Å². The molecule has 5 unspecified atom stereocenters. The first kappa shape index (κ1) is 12.3. The van der Waals surface area contributed by atoms with Crippen molar-refractivity contribution in [2.45, 2.75) is 51.4 Å². The van der Waals surface area contributed by atoms with E-state index in [0.29, 0.717) is 12.3 Å². The fourth-order valence-corrected chi connectivity index (χ4v) is 4.96. The third-order valence-electron chi connectivity index (χ3n) is 5.72. The molecule has 0 aromatic heterocycles. The molecule has 1 N–H and O–H groups in total. The van der Waals surface area contributed by atoms with Gasteiger partial charge in [-0.25, -0.2) is 0 Å². The number of carboxylic acids is 1. The summed E-state index contributed by atoms with van der Waals surface area (Å²) < 4.78 is 0. The van der Waals surface area contributed by atoms with Gasteiger partial charge in [-0.3, -0.25) is 4.79 Å². The van der Waals surface area contributed by atoms with Gasteiger partial charge in [-0.15, -0.1) is 0 Å². The number of hydrogen-bond donors (Lipinski definition) is 1. The van der Waals surface area contributed by atoms with E-state index in [0.717, 1.165) is 30.1 Å². The molecule has 0 aromatic rings. The molecule has 2 saturated carbocycles. The van der Waals surface area contributed by atoms with Gasteiger partial charge in [-0.1, -0.05) is 25.0 Å². The smallest absolute Gasteiger partial charge is 0.303 e. The normalized spacial score (nSPS) is 42.3. The van der Waals surface area contributed by atoms with E-state index in [1.807, 2.05) is 0 Å². The minimum atomic E-state index is -0.617. The number of fused-ring (bicyclic) bond motifs is 3. The van der Waals surface area contributed by atoms with E-state index in [-0.39, 0.29) is 0 Å². The summed E-state index contributed by atoms with van der Waals surface area (Å²) in [5.74, 6) is 3.56. The first-order chi connectivity index (χ1) is 8.75. The Morgan fingerprint density at radius 3 is 2.83 bits per heavy atom. The maximum absolute atomic E-state index is 10.8. The molecule has 2 nitrogen and oxygen atoms in total. The lowest BCUT2D eigenvalue weighted by molar-refractivity contribution is -0.137. The van der Waals surface area contributed by atoms with E-state index in [2.05, 4.69) is 12.2 Å². The van der Waals surface area contributed by atoms with Gasteiger partial charge in [0.25, 0.3) is 0 Å². The third kappa shape index (κ3) is 2.22. The molecule has 0 aromatic carbocycles. The number of carboxylic acid groups (broad SMARTS) is 1. The zero-order valence-corrected chi connectivity index (χ0v) is 11.1. The van der Waals surface area contributed by atoms with Crippen LogP contribution < -0.4 is 0 Å². The van der Waals surface area contributed by atoms with Crippen molar-refractivity contribution in [3.63, 3.8) is 0 Å². The number of allylic oxidation sites excluding steroid dienone is 2. The van der Waals surface area contributed by atoms with Crippen LogP contribution in [0.15, 0.2) is 12.2 Å². The number of rotatable bonds is 3. The monoisotopic (exact) mass is 248 g/mol. The van der Waals surface area contributed by atoms with Crippen molar-refractivity contribution in [1.29, 1.82) is 0 Å². The molecule has 3 aliphatic rings. The number of carbonyl (C=O) groups is 1. The Morgan fingerprint density at radius 1 is 1.11 bits per heavy atom. The lowest BCUT2D eigenvalue weighted by atomic mass is 9.58. The van der Waals surface area contributed by atoms with Gasteiger partial charge >= 0.3 is 5.97 Å². The standard InChI is InChI=1S/C16H24O2/c17-16(18)10-8-12-4-2-6-15-13-5-1-3-11(13)7-9-14(12)15/h1,3,11-15H,2,4-10H2,(H,17,18). The Kier molecular flexibility index (Phi) is 3.45. The summed E-state index contributed by atoms with van der Waals surface area (Å²) in [6, 6.07) is 0. The maximum atomic E-state index is 10.8. The fourth-order valence-electron chi connectivity index (χ4n) is 4.96. The van der Waals surface area contributed by atoms with Crippen LogP contribution in [0, 0.1) is 29.6 Å². The summed E-state index contributed by atoms with van der Waals surface area (Å²) in [6.07, 6.45) is 14.1. The summed E-state index contributed by atoms with van der Waals surface area (Å²) in [5, 5.41) is 8.88. The Bertz CT molecular complexity index is 347. The van der Waals surface area contributed by atoms with Gasteiger partial charge in [0.1, 0.15) is 0 Å². The fraction of sp³-hybridized carbons (Fsp3) is 0.812. The van der Waals surface area contributed by atoms with Crippen LogP contribution in [0.3, 0.4) is 0 Å². The summed E-state index contributed by atoms with van der Waals surface area (Å²) in [5.41, 5.74) is 0. The quantitative estimate of drug-likeness (QED) is 0.770. The zero-order valence-electron chi connectivity index (χ0n) is 11.1. The van der Waals surface area contributed by atoms with Crippen molar-refractivity contribution in [2.75, 3.05) is 0 Å². The minimum Gasteiger partial charge on any atom is -0.481 e. The summed E-state index contributed by atoms with van der Waals surface area (Å²) in [7, 11) is 0. The Labute approximate surface area is 109 Å². The second-order valence-corrected chi connectivity index (χ2v) is 6.52. The second kappa shape index (κ2) is 5.07. The molecule has 0 heterocycles. The van der Waals surface area contributed by atoms with Crippen LogP contribution in [0.4, 0.5) is 0 Å². The van der Waals surface area contributed by atoms with Crippen LogP contribution >= 0.6 is 0 Å². The molecule has 5 atom stereocenters. The molecular formula is C16H24O2. The SMILES string of the molecule is O=C(O)CCC1CCCC2C3CC=CC3CCC12. The molecule has 100 valence electrons. The number of hydrogen-bond acceptors (Lipinski definition) is 1. The highest BCUT2D eigenvalue weighted by Gasteiger charge is 2.43. The van der Waals surface area contributed by atoms with Crippen molar-refractivity contribution < 1.29 is 9.90 Å². The topological polar surface area (TPSA) is 37.3 Å². The van der Waals surface area contributed by atoms with Gasteiger partial charge in [0, 0.05) is 6.42 Å². The van der Waals surface area contributed by atoms with Crippen molar-refractivity contribution in [3.8, 4) is 0 Å². The van der Waals surface area contributed by atoms with Crippen LogP contribution in [0.25, 0.3) is 0 Å². The first-order valence-electron chi connectivity index (χ1n) is 7.64. The molecule has 0 aliphatic heterocycles. The molecule has 0 spiro atoms. The molecule has 2 fully saturated rings. The van der Waals surface area contributed by atoms with Crippen LogP contribution in [0.2, 0.25) is 0 Å². The van der Waals surface area contributed by atoms with Crippen LogP contribution in [-0.4, -0.2) is 11.1 Å². The first-order valence-corrected chi connectivity index (χ1v) is 7.64. The molecule has 3 aliphatic carbocycles. The molecule has 2 heteroatoms. The third-order valence-corrected chi connectivity index (χ3v) is 5.72. The van der Waals surface area contributed by atoms with Crippen molar-refractivity contribution in [3.05, 3.63) is 12.2 Å². The Balaban J connectivity index is 1.66. The second-order valence-electron chi connectivity index (χ2n) is 6.52. The van der Waals surface area contributed by atoms with E-state index in [1.165, 1.54) is 38.5 Å². The largest absolute Gasteiger partial charge is 0.481 e. The van der Waals surface area contributed by atoms with Gasteiger partial charge in [0.05, 0.1) is 0 Å². The minimum absolute atomic E-state index is 0.375. The molecule has 0 bridgehead atoms. The summed E-state index contributed by atoms with van der Waals surface area (Å²) in [4.78, 5) is 10.8. The van der Waals surface area contributed by atoms with Crippen molar-refractivity contribution in [2.24, 2.45) is 29.6 Å². The molecule has 0 saturated heterocycles. The van der Waals surface area contributed by atoms with E-state index >= 15 is 0 Å². The van der Waals surface area contributed by atoms with E-state index in [9.17, 15) is 4.79 Å². The predicted molar refractivity (Wildman–Crippen MR) is 71.2 cm³/mol.